The van der Waals surface area contributed by atoms with Gasteiger partial charge in [0.1, 0.15) is 17.4 Å². The number of nitrogens with one attached hydrogen (secondary N) is 2. The number of anilines is 1. The number of phenolic OH excluding ortho intramolecular Hbond substituents is 1. The summed E-state index contributed by atoms with van der Waals surface area (Å²) in [6.45, 7) is 4.84. The van der Waals surface area contributed by atoms with Crippen LogP contribution in [0.4, 0.5) is 10.2 Å². The number of nitrogens with zero attached hydrogens (tertiary/aromatic N) is 2. The number of hydrogen-bond donors (Lipinski definition) is 4. The predicted molar refractivity (Wildman–Crippen MR) is 127 cm³/mol. The smallest absolute Gasteiger partial charge is 0.165 e. The van der Waals surface area contributed by atoms with Gasteiger partial charge in [-0.25, -0.2) is 14.4 Å². The second kappa shape index (κ2) is 9.54. The Kier molecular flexibility index (Phi) is 7.16. The third-order valence-corrected chi connectivity index (χ3v) is 5.84. The van der Waals surface area contributed by atoms with Crippen LogP contribution < -0.4 is 20.1 Å². The Bertz CT molecular complexity index is 1160. The lowest BCUT2D eigenvalue weighted by molar-refractivity contribution is 0.0219. The van der Waals surface area contributed by atoms with Gasteiger partial charge in [0, 0.05) is 36.5 Å². The fraction of sp³-hybridized carbons (Fsp3) is 0.391. The zero-order valence-corrected chi connectivity index (χ0v) is 19.7. The number of methoxy groups -OCH3 is 2. The number of benzene rings is 2. The summed E-state index contributed by atoms with van der Waals surface area (Å²) in [4.78, 5) is 9.19. The fourth-order valence-electron chi connectivity index (χ4n) is 4.12. The van der Waals surface area contributed by atoms with E-state index in [0.29, 0.717) is 41.3 Å². The molecule has 2 atom stereocenters. The number of aliphatic hydroxyl groups is 1. The van der Waals surface area contributed by atoms with E-state index >= 15 is 0 Å². The summed E-state index contributed by atoms with van der Waals surface area (Å²) in [7, 11) is 3.07. The van der Waals surface area contributed by atoms with E-state index in [2.05, 4.69) is 20.6 Å². The molecule has 2 unspecified atom stereocenters. The third kappa shape index (κ3) is 4.90. The molecular formula is C23H28ClFN4O4. The van der Waals surface area contributed by atoms with Gasteiger partial charge in [0.05, 0.1) is 30.9 Å². The normalized spacial score (nSPS) is 18.1. The van der Waals surface area contributed by atoms with Crippen molar-refractivity contribution in [1.29, 1.82) is 0 Å². The highest BCUT2D eigenvalue weighted by Crippen LogP contribution is 2.37. The molecule has 178 valence electrons. The Balaban J connectivity index is 0.00000306. The standard InChI is InChI=1S/C23H27FN4O4.ClH/c1-23(2,30)15-10-25-11-17(15)27-21-13-8-19(31-3)20(32-4)9-16(13)26-22(28-21)14-7-12(24)5-6-18(14)29;/h5-9,15,17,25,29-30H,10-11H2,1-4H3,(H,26,27,28);1H. The molecule has 0 spiro atoms. The summed E-state index contributed by atoms with van der Waals surface area (Å²) < 4.78 is 24.8. The maximum Gasteiger partial charge on any atom is 0.165 e. The van der Waals surface area contributed by atoms with Gasteiger partial charge in [0.25, 0.3) is 0 Å². The first-order valence-electron chi connectivity index (χ1n) is 10.3. The van der Waals surface area contributed by atoms with Crippen molar-refractivity contribution in [1.82, 2.24) is 15.3 Å². The Morgan fingerprint density at radius 1 is 1.09 bits per heavy atom. The molecule has 1 aliphatic heterocycles. The third-order valence-electron chi connectivity index (χ3n) is 5.84. The average molecular weight is 479 g/mol. The number of hydrogen-bond acceptors (Lipinski definition) is 8. The summed E-state index contributed by atoms with van der Waals surface area (Å²) in [5.74, 6) is 0.929. The maximum absolute atomic E-state index is 13.9. The van der Waals surface area contributed by atoms with E-state index in [4.69, 9.17) is 9.47 Å². The lowest BCUT2D eigenvalue weighted by Gasteiger charge is -2.31. The van der Waals surface area contributed by atoms with Crippen molar-refractivity contribution in [3.8, 4) is 28.6 Å². The van der Waals surface area contributed by atoms with Crippen molar-refractivity contribution in [2.45, 2.75) is 25.5 Å². The van der Waals surface area contributed by atoms with Crippen LogP contribution in [-0.2, 0) is 0 Å². The van der Waals surface area contributed by atoms with Gasteiger partial charge in [0.15, 0.2) is 17.3 Å². The molecule has 4 N–H and O–H groups in total. The van der Waals surface area contributed by atoms with E-state index in [1.54, 1.807) is 33.1 Å². The first-order chi connectivity index (χ1) is 15.2. The van der Waals surface area contributed by atoms with Gasteiger partial charge in [0.2, 0.25) is 0 Å². The molecule has 0 aliphatic carbocycles. The van der Waals surface area contributed by atoms with Crippen LogP contribution in [-0.4, -0.2) is 59.1 Å². The van der Waals surface area contributed by atoms with Crippen molar-refractivity contribution in [2.24, 2.45) is 5.92 Å². The molecule has 1 saturated heterocycles. The molecule has 1 aliphatic rings. The highest BCUT2D eigenvalue weighted by atomic mass is 35.5. The lowest BCUT2D eigenvalue weighted by atomic mass is 9.87. The molecule has 0 radical (unpaired) electrons. The van der Waals surface area contributed by atoms with Crippen LogP contribution in [0.1, 0.15) is 13.8 Å². The van der Waals surface area contributed by atoms with Crippen molar-refractivity contribution in [3.63, 3.8) is 0 Å². The van der Waals surface area contributed by atoms with Gasteiger partial charge >= 0.3 is 0 Å². The monoisotopic (exact) mass is 478 g/mol. The molecular weight excluding hydrogens is 451 g/mol. The molecule has 33 heavy (non-hydrogen) atoms. The zero-order valence-electron chi connectivity index (χ0n) is 18.8. The van der Waals surface area contributed by atoms with Crippen LogP contribution in [0.25, 0.3) is 22.3 Å². The molecule has 3 aromatic rings. The second-order valence-electron chi connectivity index (χ2n) is 8.45. The summed E-state index contributed by atoms with van der Waals surface area (Å²) >= 11 is 0. The molecule has 1 fully saturated rings. The van der Waals surface area contributed by atoms with Crippen LogP contribution >= 0.6 is 12.4 Å². The topological polar surface area (TPSA) is 109 Å². The zero-order chi connectivity index (χ0) is 23.0. The lowest BCUT2D eigenvalue weighted by Crippen LogP contribution is -2.42. The van der Waals surface area contributed by atoms with Crippen LogP contribution in [0.5, 0.6) is 17.2 Å². The van der Waals surface area contributed by atoms with Gasteiger partial charge in [-0.15, -0.1) is 12.4 Å². The maximum atomic E-state index is 13.9. The largest absolute Gasteiger partial charge is 0.507 e. The van der Waals surface area contributed by atoms with Crippen molar-refractivity contribution in [2.75, 3.05) is 32.6 Å². The minimum absolute atomic E-state index is 0. The molecule has 1 aromatic heterocycles. The molecule has 0 bridgehead atoms. The first kappa shape index (κ1) is 24.8. The molecule has 8 nitrogen and oxygen atoms in total. The Hall–Kier alpha value is -2.88. The van der Waals surface area contributed by atoms with E-state index < -0.39 is 11.4 Å². The number of ether oxygens (including phenoxy) is 2. The molecule has 2 aromatic carbocycles. The minimum Gasteiger partial charge on any atom is -0.507 e. The minimum atomic E-state index is -0.908. The van der Waals surface area contributed by atoms with E-state index in [1.807, 2.05) is 0 Å². The molecule has 0 saturated carbocycles. The summed E-state index contributed by atoms with van der Waals surface area (Å²) in [6, 6.07) is 7.00. The number of rotatable bonds is 6. The Labute approximate surface area is 197 Å². The molecule has 4 rings (SSSR count). The van der Waals surface area contributed by atoms with E-state index in [1.165, 1.54) is 25.3 Å². The number of fused-ring (bicyclic) bond motifs is 1. The van der Waals surface area contributed by atoms with Gasteiger partial charge < -0.3 is 30.3 Å². The van der Waals surface area contributed by atoms with E-state index in [0.717, 1.165) is 0 Å². The van der Waals surface area contributed by atoms with Crippen LogP contribution in [0, 0.1) is 11.7 Å². The molecule has 0 amide bonds. The number of aromatic hydroxyl groups is 1. The first-order valence-corrected chi connectivity index (χ1v) is 10.3. The SMILES string of the molecule is COc1cc2nc(-c3cc(F)ccc3O)nc(NC3CNCC3C(C)(C)O)c2cc1OC.Cl. The second-order valence-corrected chi connectivity index (χ2v) is 8.45. The van der Waals surface area contributed by atoms with Crippen molar-refractivity contribution in [3.05, 3.63) is 36.1 Å². The number of halogens is 2. The van der Waals surface area contributed by atoms with Gasteiger partial charge in [-0.05, 0) is 38.1 Å². The van der Waals surface area contributed by atoms with Gasteiger partial charge in [-0.2, -0.15) is 0 Å². The number of phenols is 1. The fourth-order valence-corrected chi connectivity index (χ4v) is 4.12. The van der Waals surface area contributed by atoms with Crippen LogP contribution in [0.2, 0.25) is 0 Å². The molecule has 10 heteroatoms. The molecule has 2 heterocycles. The van der Waals surface area contributed by atoms with Crippen LogP contribution in [0.3, 0.4) is 0 Å². The quantitative estimate of drug-likeness (QED) is 0.427. The number of aromatic nitrogens is 2. The van der Waals surface area contributed by atoms with E-state index in [-0.39, 0.29) is 41.5 Å². The highest BCUT2D eigenvalue weighted by Gasteiger charge is 2.38. The Morgan fingerprint density at radius 3 is 2.45 bits per heavy atom. The van der Waals surface area contributed by atoms with Gasteiger partial charge in [-0.1, -0.05) is 0 Å². The Morgan fingerprint density at radius 2 is 1.79 bits per heavy atom. The average Bonchev–Trinajstić information content (AvgIpc) is 3.23. The summed E-state index contributed by atoms with van der Waals surface area (Å²) in [5, 5.41) is 28.3. The summed E-state index contributed by atoms with van der Waals surface area (Å²) in [6.07, 6.45) is 0. The van der Waals surface area contributed by atoms with Crippen molar-refractivity contribution >= 4 is 29.1 Å². The van der Waals surface area contributed by atoms with E-state index in [9.17, 15) is 14.6 Å². The summed E-state index contributed by atoms with van der Waals surface area (Å²) in [5.41, 5.74) is -0.202. The highest BCUT2D eigenvalue weighted by molar-refractivity contribution is 5.93. The van der Waals surface area contributed by atoms with Gasteiger partial charge in [-0.3, -0.25) is 0 Å². The van der Waals surface area contributed by atoms with Crippen LogP contribution in [0.15, 0.2) is 30.3 Å². The van der Waals surface area contributed by atoms with Crippen molar-refractivity contribution < 1.29 is 24.1 Å². The predicted octanol–water partition coefficient (Wildman–Crippen LogP) is 3.35.